The summed E-state index contributed by atoms with van der Waals surface area (Å²) in [6, 6.07) is 2.89. The molecule has 1 rings (SSSR count). The number of carbonyl (C=O) groups excluding carboxylic acids is 3. The number of ether oxygens (including phenoxy) is 1. The molecule has 0 aliphatic carbocycles. The van der Waals surface area contributed by atoms with E-state index in [-0.39, 0.29) is 11.6 Å². The fraction of sp³-hybridized carbons (Fsp3) is 0.524. The Kier molecular flexibility index (Phi) is 8.64. The van der Waals surface area contributed by atoms with E-state index in [1.807, 2.05) is 26.0 Å². The third-order valence-corrected chi connectivity index (χ3v) is 4.11. The fourth-order valence-electron chi connectivity index (χ4n) is 2.70. The Hall–Kier alpha value is -3.08. The number of hydrogen-bond donors (Lipinski definition) is 2. The summed E-state index contributed by atoms with van der Waals surface area (Å²) in [5.74, 6) is -1.25. The highest BCUT2D eigenvalue weighted by molar-refractivity contribution is 6.01. The molecule has 0 aromatic carbocycles. The molecule has 0 saturated carbocycles. The van der Waals surface area contributed by atoms with E-state index < -0.39 is 24.0 Å². The summed E-state index contributed by atoms with van der Waals surface area (Å²) in [4.78, 5) is 35.9. The largest absolute Gasteiger partial charge is 0.448 e. The number of nitriles is 1. The van der Waals surface area contributed by atoms with E-state index >= 15 is 0 Å². The van der Waals surface area contributed by atoms with Crippen molar-refractivity contribution in [3.63, 3.8) is 0 Å². The molecule has 8 heteroatoms. The molecular weight excluding hydrogens is 372 g/mol. The van der Waals surface area contributed by atoms with Crippen molar-refractivity contribution >= 4 is 24.0 Å². The maximum absolute atomic E-state index is 12.3. The summed E-state index contributed by atoms with van der Waals surface area (Å²) in [5.41, 5.74) is 2.48. The number of carbonyl (C=O) groups is 3. The quantitative estimate of drug-likeness (QED) is 0.414. The molecule has 0 radical (unpaired) electrons. The molecular formula is C21H30N4O4. The number of aromatic nitrogens is 1. The molecule has 158 valence electrons. The number of aryl methyl sites for hydroxylation is 1. The lowest BCUT2D eigenvalue weighted by atomic mass is 10.1. The second-order valence-electron chi connectivity index (χ2n) is 7.67. The van der Waals surface area contributed by atoms with Crippen LogP contribution in [0.3, 0.4) is 0 Å². The molecule has 0 bridgehead atoms. The number of nitrogens with one attached hydrogen (secondary N) is 2. The highest BCUT2D eigenvalue weighted by atomic mass is 16.5. The second-order valence-corrected chi connectivity index (χ2v) is 7.67. The lowest BCUT2D eigenvalue weighted by Crippen LogP contribution is -2.46. The van der Waals surface area contributed by atoms with E-state index in [4.69, 9.17) is 4.74 Å². The molecule has 0 saturated heterocycles. The molecule has 0 spiro atoms. The number of hydrogen-bond acceptors (Lipinski definition) is 5. The van der Waals surface area contributed by atoms with Crippen LogP contribution in [0.4, 0.5) is 4.79 Å². The maximum Gasteiger partial charge on any atom is 0.349 e. The molecule has 0 fully saturated rings. The van der Waals surface area contributed by atoms with Crippen LogP contribution in [0.1, 0.15) is 51.6 Å². The van der Waals surface area contributed by atoms with Crippen molar-refractivity contribution in [3.05, 3.63) is 28.6 Å². The van der Waals surface area contributed by atoms with E-state index in [2.05, 4.69) is 29.0 Å². The molecule has 29 heavy (non-hydrogen) atoms. The maximum atomic E-state index is 12.3. The number of imide groups is 1. The van der Waals surface area contributed by atoms with E-state index in [0.717, 1.165) is 23.5 Å². The van der Waals surface area contributed by atoms with Crippen LogP contribution in [-0.2, 0) is 20.9 Å². The normalized spacial score (nSPS) is 12.5. The van der Waals surface area contributed by atoms with Gasteiger partial charge in [0, 0.05) is 24.0 Å². The smallest absolute Gasteiger partial charge is 0.349 e. The topological polar surface area (TPSA) is 113 Å². The average Bonchev–Trinajstić information content (AvgIpc) is 2.85. The molecule has 1 atom stereocenters. The highest BCUT2D eigenvalue weighted by Gasteiger charge is 2.23. The number of rotatable bonds is 7. The van der Waals surface area contributed by atoms with Gasteiger partial charge in [-0.15, -0.1) is 0 Å². The zero-order chi connectivity index (χ0) is 22.3. The molecule has 8 nitrogen and oxygen atoms in total. The van der Waals surface area contributed by atoms with Crippen LogP contribution in [-0.4, -0.2) is 34.6 Å². The number of esters is 1. The van der Waals surface area contributed by atoms with Gasteiger partial charge < -0.3 is 14.6 Å². The minimum absolute atomic E-state index is 0.150. The Morgan fingerprint density at radius 2 is 1.83 bits per heavy atom. The van der Waals surface area contributed by atoms with Crippen LogP contribution < -0.4 is 10.6 Å². The minimum Gasteiger partial charge on any atom is -0.448 e. The zero-order valence-electron chi connectivity index (χ0n) is 18.1. The standard InChI is InChI=1S/C21H30N4O4/c1-12(2)11-25-14(5)8-17(15(25)6)9-18(10-22)20(27)29-16(7)19(26)24-21(28)23-13(3)4/h8-9,12-13,16H,11H2,1-7H3,(H2,23,24,26,28)/b18-9+/t16-/m1/s1. The molecule has 0 unspecified atom stereocenters. The van der Waals surface area contributed by atoms with Crippen molar-refractivity contribution in [1.29, 1.82) is 5.26 Å². The summed E-state index contributed by atoms with van der Waals surface area (Å²) in [6.45, 7) is 13.8. The number of nitrogens with zero attached hydrogens (tertiary/aromatic N) is 2. The van der Waals surface area contributed by atoms with Crippen LogP contribution in [0, 0.1) is 31.1 Å². The third-order valence-electron chi connectivity index (χ3n) is 4.11. The van der Waals surface area contributed by atoms with Gasteiger partial charge in [-0.3, -0.25) is 10.1 Å². The number of amides is 3. The van der Waals surface area contributed by atoms with Crippen LogP contribution in [0.2, 0.25) is 0 Å². The van der Waals surface area contributed by atoms with E-state index in [9.17, 15) is 19.6 Å². The van der Waals surface area contributed by atoms with E-state index in [0.29, 0.717) is 5.92 Å². The molecule has 3 amide bonds. The van der Waals surface area contributed by atoms with Crippen LogP contribution >= 0.6 is 0 Å². The van der Waals surface area contributed by atoms with Gasteiger partial charge in [-0.05, 0) is 58.2 Å². The predicted molar refractivity (Wildman–Crippen MR) is 110 cm³/mol. The van der Waals surface area contributed by atoms with Gasteiger partial charge >= 0.3 is 12.0 Å². The van der Waals surface area contributed by atoms with Crippen molar-refractivity contribution in [2.24, 2.45) is 5.92 Å². The van der Waals surface area contributed by atoms with E-state index in [1.165, 1.54) is 13.0 Å². The molecule has 0 aliphatic rings. The Morgan fingerprint density at radius 3 is 2.34 bits per heavy atom. The first-order valence-electron chi connectivity index (χ1n) is 9.57. The SMILES string of the molecule is Cc1cc(/C=C(\C#N)C(=O)O[C@H](C)C(=O)NC(=O)NC(C)C)c(C)n1CC(C)C. The number of urea groups is 1. The molecule has 1 heterocycles. The van der Waals surface area contributed by atoms with Gasteiger partial charge in [-0.25, -0.2) is 9.59 Å². The van der Waals surface area contributed by atoms with E-state index in [1.54, 1.807) is 13.8 Å². The fourth-order valence-corrected chi connectivity index (χ4v) is 2.70. The third kappa shape index (κ3) is 7.11. The summed E-state index contributed by atoms with van der Waals surface area (Å²) in [7, 11) is 0. The summed E-state index contributed by atoms with van der Waals surface area (Å²) in [6.07, 6.45) is 0.225. The molecule has 0 aliphatic heterocycles. The second kappa shape index (κ2) is 10.5. The van der Waals surface area contributed by atoms with Gasteiger partial charge in [0.15, 0.2) is 6.10 Å². The summed E-state index contributed by atoms with van der Waals surface area (Å²) in [5, 5.41) is 14.0. The van der Waals surface area contributed by atoms with Gasteiger partial charge in [-0.2, -0.15) is 5.26 Å². The first-order valence-corrected chi connectivity index (χ1v) is 9.57. The van der Waals surface area contributed by atoms with Gasteiger partial charge in [0.1, 0.15) is 11.6 Å². The molecule has 2 N–H and O–H groups in total. The molecule has 1 aromatic rings. The highest BCUT2D eigenvalue weighted by Crippen LogP contribution is 2.20. The minimum atomic E-state index is -1.23. The first-order chi connectivity index (χ1) is 13.5. The van der Waals surface area contributed by atoms with Crippen LogP contribution in [0.25, 0.3) is 6.08 Å². The van der Waals surface area contributed by atoms with Crippen molar-refractivity contribution < 1.29 is 19.1 Å². The van der Waals surface area contributed by atoms with Gasteiger partial charge in [0.05, 0.1) is 0 Å². The Morgan fingerprint density at radius 1 is 1.21 bits per heavy atom. The van der Waals surface area contributed by atoms with Gasteiger partial charge in [0.25, 0.3) is 5.91 Å². The summed E-state index contributed by atoms with van der Waals surface area (Å²) < 4.78 is 7.18. The Bertz CT molecular complexity index is 844. The lowest BCUT2D eigenvalue weighted by molar-refractivity contribution is -0.150. The lowest BCUT2D eigenvalue weighted by Gasteiger charge is -2.14. The van der Waals surface area contributed by atoms with Crippen molar-refractivity contribution in [2.45, 2.75) is 67.2 Å². The first kappa shape index (κ1) is 24.0. The van der Waals surface area contributed by atoms with Crippen molar-refractivity contribution in [2.75, 3.05) is 0 Å². The Balaban J connectivity index is 2.91. The van der Waals surface area contributed by atoms with Crippen LogP contribution in [0.15, 0.2) is 11.6 Å². The van der Waals surface area contributed by atoms with Crippen molar-refractivity contribution in [1.82, 2.24) is 15.2 Å². The summed E-state index contributed by atoms with van der Waals surface area (Å²) >= 11 is 0. The monoisotopic (exact) mass is 402 g/mol. The average molecular weight is 402 g/mol. The van der Waals surface area contributed by atoms with Crippen LogP contribution in [0.5, 0.6) is 0 Å². The zero-order valence-corrected chi connectivity index (χ0v) is 18.1. The van der Waals surface area contributed by atoms with Crippen molar-refractivity contribution in [3.8, 4) is 6.07 Å². The van der Waals surface area contributed by atoms with Gasteiger partial charge in [0.2, 0.25) is 0 Å². The Labute approximate surface area is 171 Å². The predicted octanol–water partition coefficient (Wildman–Crippen LogP) is 2.83. The molecule has 1 aromatic heterocycles. The van der Waals surface area contributed by atoms with Gasteiger partial charge in [-0.1, -0.05) is 13.8 Å².